The summed E-state index contributed by atoms with van der Waals surface area (Å²) in [6, 6.07) is 5.86. The first-order valence-corrected chi connectivity index (χ1v) is 5.49. The van der Waals surface area contributed by atoms with Crippen molar-refractivity contribution in [3.05, 3.63) is 24.1 Å². The molecule has 0 radical (unpaired) electrons. The van der Waals surface area contributed by atoms with Gasteiger partial charge in [0.15, 0.2) is 11.5 Å². The molecule has 1 aromatic carbocycles. The highest BCUT2D eigenvalue weighted by molar-refractivity contribution is 5.59. The van der Waals surface area contributed by atoms with E-state index in [9.17, 15) is 0 Å². The highest BCUT2D eigenvalue weighted by Gasteiger charge is 2.14. The molecule has 2 heterocycles. The molecule has 94 valence electrons. The third-order valence-electron chi connectivity index (χ3n) is 2.42. The maximum Gasteiger partial charge on any atom is 0.320 e. The van der Waals surface area contributed by atoms with Crippen molar-refractivity contribution in [2.45, 2.75) is 6.54 Å². The first kappa shape index (κ1) is 10.8. The van der Waals surface area contributed by atoms with Crippen molar-refractivity contribution in [1.82, 2.24) is 15.5 Å². The standard InChI is InChI=1S/C11H12N4O3/c1-12-5-10-14-15-11(18-10)13-7-2-3-8-9(4-7)17-6-16-8/h2-4,12H,5-6H2,1H3,(H,13,15). The van der Waals surface area contributed by atoms with Gasteiger partial charge in [-0.15, -0.1) is 5.10 Å². The normalized spacial score (nSPS) is 12.7. The maximum absolute atomic E-state index is 5.38. The summed E-state index contributed by atoms with van der Waals surface area (Å²) in [6.07, 6.45) is 0. The first-order valence-electron chi connectivity index (χ1n) is 5.49. The van der Waals surface area contributed by atoms with Crippen LogP contribution >= 0.6 is 0 Å². The van der Waals surface area contributed by atoms with Crippen LogP contribution in [0.25, 0.3) is 0 Å². The van der Waals surface area contributed by atoms with Crippen molar-refractivity contribution in [2.24, 2.45) is 0 Å². The van der Waals surface area contributed by atoms with Crippen molar-refractivity contribution in [3.63, 3.8) is 0 Å². The molecule has 18 heavy (non-hydrogen) atoms. The van der Waals surface area contributed by atoms with Crippen LogP contribution in [0.5, 0.6) is 11.5 Å². The SMILES string of the molecule is CNCc1nnc(Nc2ccc3c(c2)OCO3)o1. The first-order chi connectivity index (χ1) is 8.85. The van der Waals surface area contributed by atoms with E-state index in [-0.39, 0.29) is 6.79 Å². The van der Waals surface area contributed by atoms with Gasteiger partial charge in [0.1, 0.15) is 0 Å². The van der Waals surface area contributed by atoms with Crippen LogP contribution < -0.4 is 20.1 Å². The molecule has 1 aliphatic heterocycles. The van der Waals surface area contributed by atoms with E-state index in [2.05, 4.69) is 20.8 Å². The zero-order chi connectivity index (χ0) is 12.4. The fourth-order valence-corrected chi connectivity index (χ4v) is 1.62. The summed E-state index contributed by atoms with van der Waals surface area (Å²) in [6.45, 7) is 0.793. The van der Waals surface area contributed by atoms with Gasteiger partial charge in [0.05, 0.1) is 6.54 Å². The highest BCUT2D eigenvalue weighted by atomic mass is 16.7. The fourth-order valence-electron chi connectivity index (χ4n) is 1.62. The molecule has 0 saturated carbocycles. The minimum atomic E-state index is 0.256. The Labute approximate surface area is 103 Å². The van der Waals surface area contributed by atoms with Gasteiger partial charge in [0, 0.05) is 11.8 Å². The monoisotopic (exact) mass is 248 g/mol. The minimum Gasteiger partial charge on any atom is -0.454 e. The molecule has 0 spiro atoms. The lowest BCUT2D eigenvalue weighted by Gasteiger charge is -2.02. The molecule has 7 nitrogen and oxygen atoms in total. The summed E-state index contributed by atoms with van der Waals surface area (Å²) >= 11 is 0. The summed E-state index contributed by atoms with van der Waals surface area (Å²) in [5, 5.41) is 13.7. The lowest BCUT2D eigenvalue weighted by Crippen LogP contribution is -2.04. The molecule has 0 amide bonds. The number of ether oxygens (including phenoxy) is 2. The van der Waals surface area contributed by atoms with Crippen molar-refractivity contribution in [2.75, 3.05) is 19.2 Å². The fraction of sp³-hybridized carbons (Fsp3) is 0.273. The van der Waals surface area contributed by atoms with E-state index in [1.807, 2.05) is 25.2 Å². The number of nitrogens with zero attached hydrogens (tertiary/aromatic N) is 2. The predicted molar refractivity (Wildman–Crippen MR) is 62.9 cm³/mol. The van der Waals surface area contributed by atoms with Crippen LogP contribution in [0.2, 0.25) is 0 Å². The molecule has 0 bridgehead atoms. The van der Waals surface area contributed by atoms with Gasteiger partial charge < -0.3 is 24.5 Å². The third-order valence-corrected chi connectivity index (χ3v) is 2.42. The molecule has 3 rings (SSSR count). The van der Waals surface area contributed by atoms with Crippen LogP contribution in [0.4, 0.5) is 11.7 Å². The van der Waals surface area contributed by atoms with Gasteiger partial charge in [-0.2, -0.15) is 0 Å². The summed E-state index contributed by atoms with van der Waals surface area (Å²) in [5.41, 5.74) is 0.805. The maximum atomic E-state index is 5.38. The van der Waals surface area contributed by atoms with Crippen LogP contribution in [-0.2, 0) is 6.54 Å². The molecule has 0 atom stereocenters. The molecule has 0 saturated heterocycles. The lowest BCUT2D eigenvalue weighted by molar-refractivity contribution is 0.174. The molecule has 1 aromatic heterocycles. The highest BCUT2D eigenvalue weighted by Crippen LogP contribution is 2.34. The van der Waals surface area contributed by atoms with Gasteiger partial charge >= 0.3 is 6.01 Å². The van der Waals surface area contributed by atoms with Crippen molar-refractivity contribution in [3.8, 4) is 11.5 Å². The van der Waals surface area contributed by atoms with E-state index in [4.69, 9.17) is 13.9 Å². The molecule has 2 aromatic rings. The minimum absolute atomic E-state index is 0.256. The molecular weight excluding hydrogens is 236 g/mol. The average Bonchev–Trinajstić information content (AvgIpc) is 2.98. The van der Waals surface area contributed by atoms with Crippen LogP contribution in [0.3, 0.4) is 0 Å². The van der Waals surface area contributed by atoms with Crippen molar-refractivity contribution < 1.29 is 13.9 Å². The Kier molecular flexibility index (Phi) is 2.73. The van der Waals surface area contributed by atoms with E-state index in [0.717, 1.165) is 11.4 Å². The second-order valence-electron chi connectivity index (χ2n) is 3.72. The van der Waals surface area contributed by atoms with E-state index in [1.54, 1.807) is 0 Å². The molecule has 2 N–H and O–H groups in total. The molecule has 7 heteroatoms. The number of benzene rings is 1. The predicted octanol–water partition coefficient (Wildman–Crippen LogP) is 1.26. The Bertz CT molecular complexity index is 555. The number of nitrogens with one attached hydrogen (secondary N) is 2. The second kappa shape index (κ2) is 4.53. The third kappa shape index (κ3) is 2.07. The van der Waals surface area contributed by atoms with Crippen LogP contribution in [0.15, 0.2) is 22.6 Å². The number of rotatable bonds is 4. The summed E-state index contributed by atoms with van der Waals surface area (Å²) < 4.78 is 15.9. The van der Waals surface area contributed by atoms with E-state index >= 15 is 0 Å². The van der Waals surface area contributed by atoms with E-state index < -0.39 is 0 Å². The Morgan fingerprint density at radius 2 is 2.11 bits per heavy atom. The van der Waals surface area contributed by atoms with Crippen molar-refractivity contribution in [1.29, 1.82) is 0 Å². The van der Waals surface area contributed by atoms with Crippen LogP contribution in [0, 0.1) is 0 Å². The van der Waals surface area contributed by atoms with E-state index in [0.29, 0.717) is 24.2 Å². The van der Waals surface area contributed by atoms with Gasteiger partial charge in [-0.1, -0.05) is 5.10 Å². The molecule has 0 aliphatic carbocycles. The average molecular weight is 248 g/mol. The summed E-state index contributed by atoms with van der Waals surface area (Å²) in [4.78, 5) is 0. The molecule has 1 aliphatic rings. The number of hydrogen-bond donors (Lipinski definition) is 2. The molecule has 0 fully saturated rings. The van der Waals surface area contributed by atoms with Gasteiger partial charge in [-0.05, 0) is 19.2 Å². The Balaban J connectivity index is 1.75. The number of hydrogen-bond acceptors (Lipinski definition) is 7. The Morgan fingerprint density at radius 3 is 3.00 bits per heavy atom. The van der Waals surface area contributed by atoms with E-state index in [1.165, 1.54) is 0 Å². The topological polar surface area (TPSA) is 81.4 Å². The second-order valence-corrected chi connectivity index (χ2v) is 3.72. The molecule has 0 unspecified atom stereocenters. The number of fused-ring (bicyclic) bond motifs is 1. The largest absolute Gasteiger partial charge is 0.454 e. The smallest absolute Gasteiger partial charge is 0.320 e. The Hall–Kier alpha value is -2.28. The van der Waals surface area contributed by atoms with Crippen LogP contribution in [-0.4, -0.2) is 24.0 Å². The zero-order valence-electron chi connectivity index (χ0n) is 9.77. The quantitative estimate of drug-likeness (QED) is 0.842. The number of aromatic nitrogens is 2. The van der Waals surface area contributed by atoms with Gasteiger partial charge in [-0.3, -0.25) is 0 Å². The van der Waals surface area contributed by atoms with Crippen molar-refractivity contribution >= 4 is 11.7 Å². The summed E-state index contributed by atoms with van der Waals surface area (Å²) in [5.74, 6) is 1.97. The van der Waals surface area contributed by atoms with Gasteiger partial charge in [-0.25, -0.2) is 0 Å². The Morgan fingerprint density at radius 1 is 1.22 bits per heavy atom. The lowest BCUT2D eigenvalue weighted by atomic mass is 10.3. The van der Waals surface area contributed by atoms with Crippen LogP contribution in [0.1, 0.15) is 5.89 Å². The number of anilines is 2. The molecular formula is C11H12N4O3. The van der Waals surface area contributed by atoms with Gasteiger partial charge in [0.2, 0.25) is 12.7 Å². The van der Waals surface area contributed by atoms with Gasteiger partial charge in [0.25, 0.3) is 0 Å². The summed E-state index contributed by atoms with van der Waals surface area (Å²) in [7, 11) is 1.81. The zero-order valence-corrected chi connectivity index (χ0v) is 9.77.